The Bertz CT molecular complexity index is 399. The number of nitrogens with zero attached hydrogens (tertiary/aromatic N) is 2. The van der Waals surface area contributed by atoms with Crippen molar-refractivity contribution < 1.29 is 4.74 Å². The van der Waals surface area contributed by atoms with Gasteiger partial charge in [-0.1, -0.05) is 23.2 Å². The summed E-state index contributed by atoms with van der Waals surface area (Å²) in [6.45, 7) is 2.98. The molecule has 0 aromatic carbocycles. The molecule has 1 aliphatic heterocycles. The second-order valence-corrected chi connectivity index (χ2v) is 5.55. The molecule has 0 amide bonds. The Labute approximate surface area is 119 Å². The average Bonchev–Trinajstić information content (AvgIpc) is 2.34. The summed E-state index contributed by atoms with van der Waals surface area (Å²) in [7, 11) is 6.81. The molecular formula is C10H11Cl3N2OS. The van der Waals surface area contributed by atoms with E-state index < -0.39 is 0 Å². The molecule has 0 spiro atoms. The zero-order valence-corrected chi connectivity index (χ0v) is 12.0. The van der Waals surface area contributed by atoms with E-state index in [1.165, 1.54) is 11.0 Å². The molecule has 0 radical (unpaired) electrons. The molecule has 1 aromatic heterocycles. The number of morpholine rings is 1. The van der Waals surface area contributed by atoms with Gasteiger partial charge >= 0.3 is 0 Å². The van der Waals surface area contributed by atoms with Crippen molar-refractivity contribution in [2.75, 3.05) is 31.2 Å². The van der Waals surface area contributed by atoms with Crippen LogP contribution in [0.5, 0.6) is 0 Å². The van der Waals surface area contributed by atoms with Gasteiger partial charge in [0.2, 0.25) is 0 Å². The lowest BCUT2D eigenvalue weighted by Crippen LogP contribution is -2.37. The van der Waals surface area contributed by atoms with E-state index in [9.17, 15) is 0 Å². The molecule has 7 heteroatoms. The fraction of sp³-hybridized carbons (Fsp3) is 0.500. The molecule has 3 nitrogen and oxygen atoms in total. The molecule has 1 aliphatic rings. The van der Waals surface area contributed by atoms with Crippen LogP contribution in [0.25, 0.3) is 0 Å². The first-order valence-electron chi connectivity index (χ1n) is 5.13. The molecule has 0 atom stereocenters. The summed E-state index contributed by atoms with van der Waals surface area (Å²) >= 11 is 12.2. The smallest absolute Gasteiger partial charge is 0.147 e. The lowest BCUT2D eigenvalue weighted by molar-refractivity contribution is 0.122. The summed E-state index contributed by atoms with van der Waals surface area (Å²) in [5.41, 5.74) is 0.762. The SMILES string of the molecule is ClSCc1nc(N2CCOCC2)c(Cl)cc1Cl. The van der Waals surface area contributed by atoms with E-state index in [0.29, 0.717) is 29.0 Å². The quantitative estimate of drug-likeness (QED) is 0.851. The molecule has 1 saturated heterocycles. The van der Waals surface area contributed by atoms with Gasteiger partial charge in [0.15, 0.2) is 0 Å². The first-order chi connectivity index (χ1) is 8.22. The topological polar surface area (TPSA) is 25.4 Å². The van der Waals surface area contributed by atoms with E-state index in [1.807, 2.05) is 0 Å². The Kier molecular flexibility index (Phi) is 5.06. The van der Waals surface area contributed by atoms with E-state index in [4.69, 9.17) is 38.6 Å². The highest BCUT2D eigenvalue weighted by molar-refractivity contribution is 8.20. The summed E-state index contributed by atoms with van der Waals surface area (Å²) in [4.78, 5) is 6.59. The summed E-state index contributed by atoms with van der Waals surface area (Å²) in [5.74, 6) is 1.33. The Morgan fingerprint density at radius 1 is 1.29 bits per heavy atom. The molecule has 0 N–H and O–H groups in total. The van der Waals surface area contributed by atoms with Gasteiger partial charge < -0.3 is 9.64 Å². The molecular weight excluding hydrogens is 303 g/mol. The lowest BCUT2D eigenvalue weighted by atomic mass is 10.3. The van der Waals surface area contributed by atoms with Crippen molar-refractivity contribution in [1.29, 1.82) is 0 Å². The van der Waals surface area contributed by atoms with Gasteiger partial charge in [0.05, 0.1) is 34.7 Å². The Balaban J connectivity index is 2.28. The van der Waals surface area contributed by atoms with Crippen LogP contribution in [0.15, 0.2) is 6.07 Å². The number of aromatic nitrogens is 1. The van der Waals surface area contributed by atoms with Crippen LogP contribution < -0.4 is 4.90 Å². The number of anilines is 1. The van der Waals surface area contributed by atoms with Crippen molar-refractivity contribution in [3.05, 3.63) is 21.8 Å². The lowest BCUT2D eigenvalue weighted by Gasteiger charge is -2.28. The van der Waals surface area contributed by atoms with Crippen LogP contribution in [0.4, 0.5) is 5.82 Å². The van der Waals surface area contributed by atoms with Gasteiger partial charge in [-0.2, -0.15) is 0 Å². The molecule has 17 heavy (non-hydrogen) atoms. The molecule has 94 valence electrons. The van der Waals surface area contributed by atoms with Crippen LogP contribution in [0.3, 0.4) is 0 Å². The Morgan fingerprint density at radius 2 is 2.00 bits per heavy atom. The molecule has 0 unspecified atom stereocenters. The predicted octanol–water partition coefficient (Wildman–Crippen LogP) is 3.61. The average molecular weight is 314 g/mol. The molecule has 1 aromatic rings. The third-order valence-corrected chi connectivity index (χ3v) is 3.80. The molecule has 2 rings (SSSR count). The first kappa shape index (κ1) is 13.6. The standard InChI is InChI=1S/C10H11Cl3N2OS/c11-7-5-8(12)10(14-9(7)6-17-13)15-1-3-16-4-2-15/h5H,1-4,6H2. The van der Waals surface area contributed by atoms with Crippen molar-refractivity contribution in [2.24, 2.45) is 0 Å². The van der Waals surface area contributed by atoms with E-state index in [-0.39, 0.29) is 0 Å². The third-order valence-electron chi connectivity index (χ3n) is 2.49. The summed E-state index contributed by atoms with van der Waals surface area (Å²) < 4.78 is 5.30. The Hall–Kier alpha value is 0.130. The maximum Gasteiger partial charge on any atom is 0.147 e. The van der Waals surface area contributed by atoms with Crippen molar-refractivity contribution in [1.82, 2.24) is 4.98 Å². The second kappa shape index (κ2) is 6.34. The maximum atomic E-state index is 6.17. The van der Waals surface area contributed by atoms with Crippen LogP contribution in [0.2, 0.25) is 10.0 Å². The third kappa shape index (κ3) is 3.32. The largest absolute Gasteiger partial charge is 0.378 e. The van der Waals surface area contributed by atoms with Crippen molar-refractivity contribution in [2.45, 2.75) is 5.75 Å². The fourth-order valence-corrected chi connectivity index (χ4v) is 2.90. The van der Waals surface area contributed by atoms with Gasteiger partial charge in [0.1, 0.15) is 5.82 Å². The second-order valence-electron chi connectivity index (χ2n) is 3.58. The summed E-state index contributed by atoms with van der Waals surface area (Å²) in [6.07, 6.45) is 0. The van der Waals surface area contributed by atoms with Crippen LogP contribution in [-0.4, -0.2) is 31.3 Å². The van der Waals surface area contributed by atoms with Crippen LogP contribution in [0, 0.1) is 0 Å². The monoisotopic (exact) mass is 312 g/mol. The van der Waals surface area contributed by atoms with Gasteiger partial charge in [0, 0.05) is 13.1 Å². The fourth-order valence-electron chi connectivity index (χ4n) is 1.64. The number of halogens is 3. The highest BCUT2D eigenvalue weighted by Crippen LogP contribution is 2.31. The summed E-state index contributed by atoms with van der Waals surface area (Å²) in [5, 5.41) is 1.13. The number of hydrogen-bond donors (Lipinski definition) is 0. The number of pyridine rings is 1. The molecule has 1 fully saturated rings. The van der Waals surface area contributed by atoms with E-state index in [2.05, 4.69) is 9.88 Å². The molecule has 2 heterocycles. The van der Waals surface area contributed by atoms with Crippen LogP contribution in [0.1, 0.15) is 5.69 Å². The molecule has 0 aliphatic carbocycles. The highest BCUT2D eigenvalue weighted by atomic mass is 35.7. The van der Waals surface area contributed by atoms with E-state index in [1.54, 1.807) is 6.07 Å². The van der Waals surface area contributed by atoms with Crippen molar-refractivity contribution >= 4 is 50.7 Å². The van der Waals surface area contributed by atoms with Gasteiger partial charge in [-0.3, -0.25) is 0 Å². The minimum atomic E-state index is 0.556. The van der Waals surface area contributed by atoms with Crippen LogP contribution in [-0.2, 0) is 10.5 Å². The van der Waals surface area contributed by atoms with E-state index >= 15 is 0 Å². The number of hydrogen-bond acceptors (Lipinski definition) is 4. The normalized spacial score (nSPS) is 16.3. The molecule has 0 saturated carbocycles. The zero-order chi connectivity index (χ0) is 12.3. The van der Waals surface area contributed by atoms with Crippen molar-refractivity contribution in [3.8, 4) is 0 Å². The van der Waals surface area contributed by atoms with Crippen molar-refractivity contribution in [3.63, 3.8) is 0 Å². The number of rotatable bonds is 3. The predicted molar refractivity (Wildman–Crippen MR) is 74.4 cm³/mol. The van der Waals surface area contributed by atoms with Gasteiger partial charge in [-0.25, -0.2) is 4.98 Å². The van der Waals surface area contributed by atoms with Gasteiger partial charge in [-0.05, 0) is 27.7 Å². The van der Waals surface area contributed by atoms with E-state index in [0.717, 1.165) is 24.6 Å². The minimum absolute atomic E-state index is 0.556. The van der Waals surface area contributed by atoms with Gasteiger partial charge in [0.25, 0.3) is 0 Å². The maximum absolute atomic E-state index is 6.17. The zero-order valence-electron chi connectivity index (χ0n) is 8.96. The van der Waals surface area contributed by atoms with Gasteiger partial charge in [-0.15, -0.1) is 0 Å². The Morgan fingerprint density at radius 3 is 2.65 bits per heavy atom. The van der Waals surface area contributed by atoms with Crippen LogP contribution >= 0.6 is 44.9 Å². The first-order valence-corrected chi connectivity index (χ1v) is 7.70. The highest BCUT2D eigenvalue weighted by Gasteiger charge is 2.17. The molecule has 0 bridgehead atoms. The number of ether oxygens (including phenoxy) is 1. The minimum Gasteiger partial charge on any atom is -0.378 e. The summed E-state index contributed by atoms with van der Waals surface area (Å²) in [6, 6.07) is 1.73.